The van der Waals surface area contributed by atoms with E-state index in [1.165, 1.54) is 0 Å². The number of benzene rings is 1. The van der Waals surface area contributed by atoms with Crippen molar-refractivity contribution in [3.63, 3.8) is 0 Å². The first-order chi connectivity index (χ1) is 9.13. The fraction of sp³-hybridized carbons (Fsp3) is 0.273. The summed E-state index contributed by atoms with van der Waals surface area (Å²) in [5, 5.41) is 8.79. The van der Waals surface area contributed by atoms with Gasteiger partial charge >= 0.3 is 0 Å². The maximum absolute atomic E-state index is 12.0. The van der Waals surface area contributed by atoms with E-state index in [1.807, 2.05) is 0 Å². The van der Waals surface area contributed by atoms with Crippen LogP contribution in [0.4, 0.5) is 0 Å². The number of β-lactam (4-membered cyclic amide) rings is 1. The molecule has 2 atom stereocenters. The Hall–Kier alpha value is -2.24. The van der Waals surface area contributed by atoms with Gasteiger partial charge in [-0.1, -0.05) is 28.8 Å². The summed E-state index contributed by atoms with van der Waals surface area (Å²) in [6.07, 6.45) is 0. The number of carbonyl (C=O) groups is 2. The molecule has 1 aromatic rings. The van der Waals surface area contributed by atoms with E-state index in [2.05, 4.69) is 20.7 Å². The Morgan fingerprint density at radius 2 is 2.26 bits per heavy atom. The number of halogens is 1. The van der Waals surface area contributed by atoms with E-state index >= 15 is 0 Å². The zero-order valence-corrected chi connectivity index (χ0v) is 10.5. The molecule has 0 bridgehead atoms. The van der Waals surface area contributed by atoms with Gasteiger partial charge in [0.25, 0.3) is 5.91 Å². The van der Waals surface area contributed by atoms with E-state index in [4.69, 9.17) is 17.1 Å². The molecule has 2 rings (SSSR count). The molecule has 2 N–H and O–H groups in total. The summed E-state index contributed by atoms with van der Waals surface area (Å²) in [4.78, 5) is 25.9. The topological polar surface area (TPSA) is 107 Å². The molecule has 0 aliphatic carbocycles. The summed E-state index contributed by atoms with van der Waals surface area (Å²) >= 11 is 5.89. The summed E-state index contributed by atoms with van der Waals surface area (Å²) in [5.41, 5.74) is 8.52. The van der Waals surface area contributed by atoms with E-state index in [1.54, 1.807) is 24.3 Å². The van der Waals surface area contributed by atoms with Crippen LogP contribution in [0.25, 0.3) is 10.4 Å². The first kappa shape index (κ1) is 13.2. The van der Waals surface area contributed by atoms with Crippen molar-refractivity contribution >= 4 is 23.4 Å². The standard InChI is InChI=1S/C11H10ClN5O2/c12-7-4-2-1-3-6(7)10(18)16-9-8(5-14-17-13)15-11(9)19/h1-4,8-9H,5H2,(H,15,19)(H,16,18). The van der Waals surface area contributed by atoms with Crippen LogP contribution in [-0.2, 0) is 4.79 Å². The lowest BCUT2D eigenvalue weighted by Gasteiger charge is -2.36. The number of rotatable bonds is 4. The second-order valence-electron chi connectivity index (χ2n) is 3.96. The first-order valence-corrected chi connectivity index (χ1v) is 5.88. The van der Waals surface area contributed by atoms with Gasteiger partial charge in [-0.05, 0) is 17.7 Å². The molecule has 2 amide bonds. The number of hydrogen-bond acceptors (Lipinski definition) is 3. The lowest BCUT2D eigenvalue weighted by Crippen LogP contribution is -2.70. The van der Waals surface area contributed by atoms with Crippen molar-refractivity contribution in [1.29, 1.82) is 0 Å². The number of hydrogen-bond donors (Lipinski definition) is 2. The largest absolute Gasteiger partial charge is 0.349 e. The fourth-order valence-electron chi connectivity index (χ4n) is 1.75. The summed E-state index contributed by atoms with van der Waals surface area (Å²) in [5.74, 6) is -0.741. The molecule has 0 spiro atoms. The second-order valence-corrected chi connectivity index (χ2v) is 4.37. The summed E-state index contributed by atoms with van der Waals surface area (Å²) < 4.78 is 0. The molecular weight excluding hydrogens is 270 g/mol. The molecule has 1 aromatic carbocycles. The van der Waals surface area contributed by atoms with Gasteiger partial charge in [0, 0.05) is 11.5 Å². The van der Waals surface area contributed by atoms with Crippen LogP contribution in [-0.4, -0.2) is 30.4 Å². The van der Waals surface area contributed by atoms with Crippen molar-refractivity contribution in [2.45, 2.75) is 12.1 Å². The SMILES string of the molecule is [N-]=[N+]=NCC1NC(=O)C1NC(=O)c1ccccc1Cl. The number of nitrogens with one attached hydrogen (secondary N) is 2. The molecule has 1 fully saturated rings. The molecule has 1 saturated heterocycles. The average molecular weight is 280 g/mol. The van der Waals surface area contributed by atoms with Crippen LogP contribution in [0.5, 0.6) is 0 Å². The van der Waals surface area contributed by atoms with Gasteiger partial charge in [-0.2, -0.15) is 0 Å². The number of amides is 2. The van der Waals surface area contributed by atoms with Crippen LogP contribution in [0.15, 0.2) is 29.4 Å². The molecular formula is C11H10ClN5O2. The molecule has 7 nitrogen and oxygen atoms in total. The lowest BCUT2D eigenvalue weighted by atomic mass is 9.98. The van der Waals surface area contributed by atoms with Crippen molar-refractivity contribution in [2.75, 3.05) is 6.54 Å². The molecule has 0 aromatic heterocycles. The first-order valence-electron chi connectivity index (χ1n) is 5.50. The zero-order chi connectivity index (χ0) is 13.8. The Kier molecular flexibility index (Phi) is 3.89. The van der Waals surface area contributed by atoms with Crippen molar-refractivity contribution in [1.82, 2.24) is 10.6 Å². The highest BCUT2D eigenvalue weighted by Gasteiger charge is 2.39. The Balaban J connectivity index is 2.04. The zero-order valence-electron chi connectivity index (χ0n) is 9.71. The lowest BCUT2D eigenvalue weighted by molar-refractivity contribution is -0.131. The van der Waals surface area contributed by atoms with Crippen LogP contribution in [0.1, 0.15) is 10.4 Å². The van der Waals surface area contributed by atoms with Gasteiger partial charge in [0.05, 0.1) is 16.6 Å². The van der Waals surface area contributed by atoms with Gasteiger partial charge in [0.15, 0.2) is 0 Å². The van der Waals surface area contributed by atoms with Crippen LogP contribution in [0, 0.1) is 0 Å². The summed E-state index contributed by atoms with van der Waals surface area (Å²) in [6.45, 7) is 0.0930. The number of carbonyl (C=O) groups excluding carboxylic acids is 2. The van der Waals surface area contributed by atoms with E-state index in [-0.39, 0.29) is 18.5 Å². The molecule has 1 heterocycles. The molecule has 1 aliphatic rings. The maximum atomic E-state index is 12.0. The minimum Gasteiger partial charge on any atom is -0.349 e. The Morgan fingerprint density at radius 3 is 2.89 bits per heavy atom. The van der Waals surface area contributed by atoms with Crippen LogP contribution < -0.4 is 10.6 Å². The predicted molar refractivity (Wildman–Crippen MR) is 68.6 cm³/mol. The normalized spacial score (nSPS) is 20.8. The highest BCUT2D eigenvalue weighted by Crippen LogP contribution is 2.16. The molecule has 1 aliphatic heterocycles. The van der Waals surface area contributed by atoms with Gasteiger partial charge in [0.2, 0.25) is 5.91 Å². The molecule has 8 heteroatoms. The number of azide groups is 1. The quantitative estimate of drug-likeness (QED) is 0.374. The monoisotopic (exact) mass is 279 g/mol. The van der Waals surface area contributed by atoms with Gasteiger partial charge in [-0.15, -0.1) is 0 Å². The van der Waals surface area contributed by atoms with Crippen molar-refractivity contribution in [2.24, 2.45) is 5.11 Å². The summed E-state index contributed by atoms with van der Waals surface area (Å²) in [7, 11) is 0. The Labute approximate surface area is 113 Å². The second kappa shape index (κ2) is 5.60. The highest BCUT2D eigenvalue weighted by atomic mass is 35.5. The van der Waals surface area contributed by atoms with E-state index < -0.39 is 11.9 Å². The molecule has 0 radical (unpaired) electrons. The van der Waals surface area contributed by atoms with Crippen molar-refractivity contribution < 1.29 is 9.59 Å². The van der Waals surface area contributed by atoms with Crippen molar-refractivity contribution in [3.8, 4) is 0 Å². The van der Waals surface area contributed by atoms with E-state index in [0.717, 1.165) is 0 Å². The van der Waals surface area contributed by atoms with Crippen molar-refractivity contribution in [3.05, 3.63) is 45.3 Å². The summed E-state index contributed by atoms with van der Waals surface area (Å²) in [6, 6.07) is 5.47. The van der Waals surface area contributed by atoms with Gasteiger partial charge < -0.3 is 10.6 Å². The smallest absolute Gasteiger partial charge is 0.253 e. The maximum Gasteiger partial charge on any atom is 0.253 e. The third-order valence-corrected chi connectivity index (χ3v) is 3.09. The number of nitrogens with zero attached hydrogens (tertiary/aromatic N) is 3. The molecule has 98 valence electrons. The molecule has 0 saturated carbocycles. The highest BCUT2D eigenvalue weighted by molar-refractivity contribution is 6.33. The minimum absolute atomic E-state index is 0.0930. The third kappa shape index (κ3) is 2.78. The Morgan fingerprint density at radius 1 is 1.53 bits per heavy atom. The predicted octanol–water partition coefficient (Wildman–Crippen LogP) is 1.25. The van der Waals surface area contributed by atoms with Crippen LogP contribution >= 0.6 is 11.6 Å². The molecule has 2 unspecified atom stereocenters. The van der Waals surface area contributed by atoms with Gasteiger partial charge in [-0.25, -0.2) is 0 Å². The molecule has 19 heavy (non-hydrogen) atoms. The average Bonchev–Trinajstić information content (AvgIpc) is 2.41. The Bertz CT molecular complexity index is 570. The third-order valence-electron chi connectivity index (χ3n) is 2.76. The van der Waals surface area contributed by atoms with E-state index in [0.29, 0.717) is 10.6 Å². The van der Waals surface area contributed by atoms with E-state index in [9.17, 15) is 9.59 Å². The fourth-order valence-corrected chi connectivity index (χ4v) is 1.97. The van der Waals surface area contributed by atoms with Gasteiger partial charge in [-0.3, -0.25) is 9.59 Å². The van der Waals surface area contributed by atoms with Crippen LogP contribution in [0.3, 0.4) is 0 Å². The van der Waals surface area contributed by atoms with Crippen LogP contribution in [0.2, 0.25) is 5.02 Å². The van der Waals surface area contributed by atoms with Gasteiger partial charge in [0.1, 0.15) is 6.04 Å². The minimum atomic E-state index is -0.700.